The van der Waals surface area contributed by atoms with E-state index in [1.807, 2.05) is 13.0 Å². The van der Waals surface area contributed by atoms with Crippen molar-refractivity contribution in [3.63, 3.8) is 0 Å². The number of nitrogen functional groups attached to an aromatic ring is 1. The summed E-state index contributed by atoms with van der Waals surface area (Å²) in [5, 5.41) is 0.412. The number of esters is 1. The van der Waals surface area contributed by atoms with E-state index >= 15 is 0 Å². The van der Waals surface area contributed by atoms with E-state index in [1.165, 1.54) is 13.0 Å². The van der Waals surface area contributed by atoms with Gasteiger partial charge in [-0.1, -0.05) is 26.7 Å². The van der Waals surface area contributed by atoms with Gasteiger partial charge in [0.2, 0.25) is 5.76 Å². The second kappa shape index (κ2) is 13.3. The van der Waals surface area contributed by atoms with Crippen molar-refractivity contribution in [1.82, 2.24) is 0 Å². The van der Waals surface area contributed by atoms with Crippen LogP contribution >= 0.6 is 11.8 Å². The average Bonchev–Trinajstić information content (AvgIpc) is 2.86. The van der Waals surface area contributed by atoms with Crippen LogP contribution in [-0.2, 0) is 17.6 Å². The zero-order valence-electron chi connectivity index (χ0n) is 22.0. The molecule has 2 N–H and O–H groups in total. The fourth-order valence-electron chi connectivity index (χ4n) is 4.20. The lowest BCUT2D eigenvalue weighted by atomic mass is 10.0. The zero-order valence-corrected chi connectivity index (χ0v) is 22.8. The predicted molar refractivity (Wildman–Crippen MR) is 148 cm³/mol. The zero-order chi connectivity index (χ0) is 26.9. The predicted octanol–water partition coefficient (Wildman–Crippen LogP) is 6.22. The van der Waals surface area contributed by atoms with Crippen LogP contribution in [0.15, 0.2) is 44.4 Å². The second-order valence-corrected chi connectivity index (χ2v) is 9.86. The lowest BCUT2D eigenvalue weighted by Gasteiger charge is -2.15. The van der Waals surface area contributed by atoms with E-state index in [0.29, 0.717) is 41.0 Å². The molecule has 2 aromatic carbocycles. The Kier molecular flexibility index (Phi) is 10.2. The van der Waals surface area contributed by atoms with Crippen LogP contribution in [0.2, 0.25) is 0 Å². The number of benzene rings is 2. The van der Waals surface area contributed by atoms with E-state index in [0.717, 1.165) is 47.5 Å². The molecule has 1 aromatic heterocycles. The highest BCUT2D eigenvalue weighted by molar-refractivity contribution is 7.99. The molecule has 0 aliphatic heterocycles. The number of anilines is 1. The number of nitrogens with two attached hydrogens (primary N) is 1. The number of hydrogen-bond acceptors (Lipinski definition) is 8. The lowest BCUT2D eigenvalue weighted by molar-refractivity contribution is 0.0490. The maximum Gasteiger partial charge on any atom is 0.374 e. The van der Waals surface area contributed by atoms with Crippen molar-refractivity contribution < 1.29 is 23.5 Å². The molecular weight excluding hydrogens is 490 g/mol. The minimum absolute atomic E-state index is 0.0247. The van der Waals surface area contributed by atoms with Crippen LogP contribution < -0.4 is 15.9 Å². The maximum atomic E-state index is 12.6. The first kappa shape index (κ1) is 28.3. The Morgan fingerprint density at radius 1 is 1.03 bits per heavy atom. The molecule has 0 radical (unpaired) electrons. The normalized spacial score (nSPS) is 11.0. The largest absolute Gasteiger partial charge is 0.493 e. The fourth-order valence-corrected chi connectivity index (χ4v) is 5.23. The van der Waals surface area contributed by atoms with E-state index < -0.39 is 5.97 Å². The highest BCUT2D eigenvalue weighted by atomic mass is 32.2. The molecule has 0 aliphatic carbocycles. The van der Waals surface area contributed by atoms with Crippen molar-refractivity contribution in [2.24, 2.45) is 0 Å². The molecule has 8 heteroatoms. The van der Waals surface area contributed by atoms with Crippen LogP contribution in [0.1, 0.15) is 79.0 Å². The number of carbonyl (C=O) groups excluding carboxylic acids is 2. The molecule has 0 unspecified atom stereocenters. The number of carbonyl (C=O) groups is 2. The Morgan fingerprint density at radius 3 is 2.43 bits per heavy atom. The van der Waals surface area contributed by atoms with Gasteiger partial charge in [0.1, 0.15) is 11.3 Å². The van der Waals surface area contributed by atoms with Gasteiger partial charge in [-0.3, -0.25) is 9.59 Å². The number of Topliss-reactive ketones (excluding diaryl/α,β-unsaturated/α-hetero) is 1. The topological polar surface area (TPSA) is 109 Å². The summed E-state index contributed by atoms with van der Waals surface area (Å²) in [4.78, 5) is 37.8. The van der Waals surface area contributed by atoms with Crippen LogP contribution in [0.3, 0.4) is 0 Å². The van der Waals surface area contributed by atoms with Gasteiger partial charge in [-0.05, 0) is 62.9 Å². The minimum atomic E-state index is -0.660. The van der Waals surface area contributed by atoms with Gasteiger partial charge in [0, 0.05) is 33.5 Å². The summed E-state index contributed by atoms with van der Waals surface area (Å²) in [5.41, 5.74) is 9.35. The number of hydrogen-bond donors (Lipinski definition) is 1. The summed E-state index contributed by atoms with van der Waals surface area (Å²) >= 11 is 1.70. The average molecular weight is 526 g/mol. The van der Waals surface area contributed by atoms with Crippen LogP contribution in [0.4, 0.5) is 5.69 Å². The van der Waals surface area contributed by atoms with Crippen molar-refractivity contribution in [2.75, 3.05) is 24.7 Å². The van der Waals surface area contributed by atoms with E-state index in [9.17, 15) is 14.4 Å². The van der Waals surface area contributed by atoms with Crippen molar-refractivity contribution in [3.05, 3.63) is 63.0 Å². The lowest BCUT2D eigenvalue weighted by Crippen LogP contribution is -2.11. The third kappa shape index (κ3) is 6.74. The van der Waals surface area contributed by atoms with Gasteiger partial charge in [-0.25, -0.2) is 4.79 Å². The van der Waals surface area contributed by atoms with Crippen molar-refractivity contribution in [1.29, 1.82) is 0 Å². The highest BCUT2D eigenvalue weighted by Crippen LogP contribution is 2.32. The molecule has 0 aliphatic rings. The third-order valence-electron chi connectivity index (χ3n) is 5.93. The number of aryl methyl sites for hydroxylation is 1. The SMILES string of the molecule is CCCc1c(SCCCOc2ccc3c(=O)cc(C(=O)OCC)oc3c2CCC)ccc(C(C)=O)c1N. The highest BCUT2D eigenvalue weighted by Gasteiger charge is 2.18. The summed E-state index contributed by atoms with van der Waals surface area (Å²) in [5.74, 6) is 0.664. The molecular formula is C29H35NO6S. The molecule has 0 saturated carbocycles. The molecule has 0 fully saturated rings. The Balaban J connectivity index is 1.74. The summed E-state index contributed by atoms with van der Waals surface area (Å²) < 4.78 is 17.0. The fraction of sp³-hybridized carbons (Fsp3) is 0.414. The standard InChI is InChI=1S/C29H35NO6S/c1-5-9-21-24(13-11-20-23(32)17-25(36-28(20)21)29(33)34-7-3)35-15-8-16-37-26-14-12-19(18(4)31)27(30)22(26)10-6-2/h11-14,17H,5-10,15-16,30H2,1-4H3. The van der Waals surface area contributed by atoms with E-state index in [4.69, 9.17) is 19.6 Å². The van der Waals surface area contributed by atoms with Gasteiger partial charge in [0.15, 0.2) is 11.2 Å². The summed E-state index contributed by atoms with van der Waals surface area (Å²) in [7, 11) is 0. The van der Waals surface area contributed by atoms with Gasteiger partial charge in [0.25, 0.3) is 0 Å². The molecule has 37 heavy (non-hydrogen) atoms. The number of thioether (sulfide) groups is 1. The molecule has 1 heterocycles. The molecule has 3 rings (SSSR count). The first-order valence-electron chi connectivity index (χ1n) is 12.8. The number of ether oxygens (including phenoxy) is 2. The third-order valence-corrected chi connectivity index (χ3v) is 7.12. The minimum Gasteiger partial charge on any atom is -0.493 e. The van der Waals surface area contributed by atoms with E-state index in [2.05, 4.69) is 6.92 Å². The molecule has 0 amide bonds. The monoisotopic (exact) mass is 525 g/mol. The van der Waals surface area contributed by atoms with Gasteiger partial charge in [0.05, 0.1) is 18.6 Å². The molecule has 0 bridgehead atoms. The first-order valence-corrected chi connectivity index (χ1v) is 13.8. The molecule has 7 nitrogen and oxygen atoms in total. The van der Waals surface area contributed by atoms with Gasteiger partial charge < -0.3 is 19.6 Å². The van der Waals surface area contributed by atoms with Crippen LogP contribution in [0.5, 0.6) is 5.75 Å². The van der Waals surface area contributed by atoms with Crippen LogP contribution in [0, 0.1) is 0 Å². The van der Waals surface area contributed by atoms with Gasteiger partial charge in [-0.15, -0.1) is 11.8 Å². The molecule has 0 atom stereocenters. The van der Waals surface area contributed by atoms with Crippen molar-refractivity contribution in [3.8, 4) is 5.75 Å². The molecule has 0 saturated heterocycles. The second-order valence-electron chi connectivity index (χ2n) is 8.72. The number of fused-ring (bicyclic) bond motifs is 1. The van der Waals surface area contributed by atoms with E-state index in [1.54, 1.807) is 36.9 Å². The molecule has 0 spiro atoms. The van der Waals surface area contributed by atoms with Gasteiger partial charge >= 0.3 is 5.97 Å². The quantitative estimate of drug-likeness (QED) is 0.0921. The molecule has 198 valence electrons. The first-order chi connectivity index (χ1) is 17.8. The van der Waals surface area contributed by atoms with E-state index in [-0.39, 0.29) is 23.6 Å². The smallest absolute Gasteiger partial charge is 0.374 e. The van der Waals surface area contributed by atoms with Crippen LogP contribution in [0.25, 0.3) is 11.0 Å². The maximum absolute atomic E-state index is 12.6. The Morgan fingerprint density at radius 2 is 1.76 bits per heavy atom. The summed E-state index contributed by atoms with van der Waals surface area (Å²) in [6, 6.07) is 8.43. The van der Waals surface area contributed by atoms with Crippen molar-refractivity contribution in [2.45, 2.75) is 64.7 Å². The number of ketones is 1. The Bertz CT molecular complexity index is 1330. The molecule has 3 aromatic rings. The Hall–Kier alpha value is -3.26. The summed E-state index contributed by atoms with van der Waals surface area (Å²) in [6.45, 7) is 8.03. The van der Waals surface area contributed by atoms with Gasteiger partial charge in [-0.2, -0.15) is 0 Å². The van der Waals surface area contributed by atoms with Crippen molar-refractivity contribution >= 4 is 40.2 Å². The number of rotatable bonds is 13. The Labute approximate surface area is 221 Å². The van der Waals surface area contributed by atoms with Crippen LogP contribution in [-0.4, -0.2) is 30.7 Å². The summed E-state index contributed by atoms with van der Waals surface area (Å²) in [6.07, 6.45) is 4.00.